The maximum atomic E-state index is 6.23. The highest BCUT2D eigenvalue weighted by molar-refractivity contribution is 5.33. The lowest BCUT2D eigenvalue weighted by Crippen LogP contribution is -2.38. The van der Waals surface area contributed by atoms with E-state index in [0.29, 0.717) is 6.04 Å². The number of nitrogens with zero attached hydrogens (tertiary/aromatic N) is 1. The summed E-state index contributed by atoms with van der Waals surface area (Å²) < 4.78 is 5.77. The SMILES string of the molecule is NC(CC1CC1)CN1CCOc2ccccc2C1. The van der Waals surface area contributed by atoms with Gasteiger partial charge in [0.25, 0.3) is 0 Å². The molecule has 0 amide bonds. The average Bonchev–Trinajstić information content (AvgIpc) is 3.15. The zero-order valence-electron chi connectivity index (χ0n) is 10.8. The fourth-order valence-electron chi connectivity index (χ4n) is 2.72. The first-order chi connectivity index (χ1) is 8.81. The van der Waals surface area contributed by atoms with Crippen molar-refractivity contribution in [1.29, 1.82) is 0 Å². The Morgan fingerprint density at radius 3 is 3.00 bits per heavy atom. The van der Waals surface area contributed by atoms with Crippen LogP contribution >= 0.6 is 0 Å². The van der Waals surface area contributed by atoms with E-state index in [1.54, 1.807) is 0 Å². The molecule has 1 aliphatic heterocycles. The Morgan fingerprint density at radius 1 is 1.33 bits per heavy atom. The van der Waals surface area contributed by atoms with Gasteiger partial charge in [0.15, 0.2) is 0 Å². The van der Waals surface area contributed by atoms with Crippen molar-refractivity contribution in [2.45, 2.75) is 31.8 Å². The van der Waals surface area contributed by atoms with E-state index in [4.69, 9.17) is 10.5 Å². The summed E-state index contributed by atoms with van der Waals surface area (Å²) in [6.07, 6.45) is 3.97. The van der Waals surface area contributed by atoms with Crippen LogP contribution in [0, 0.1) is 5.92 Å². The summed E-state index contributed by atoms with van der Waals surface area (Å²) in [5.74, 6) is 1.95. The molecule has 1 aromatic carbocycles. The van der Waals surface area contributed by atoms with Crippen LogP contribution in [-0.2, 0) is 6.54 Å². The molecule has 3 nitrogen and oxygen atoms in total. The van der Waals surface area contributed by atoms with Crippen molar-refractivity contribution in [2.24, 2.45) is 11.7 Å². The Bertz CT molecular complexity index is 403. The monoisotopic (exact) mass is 246 g/mol. The molecule has 1 atom stereocenters. The topological polar surface area (TPSA) is 38.5 Å². The molecule has 1 aliphatic carbocycles. The maximum absolute atomic E-state index is 6.23. The van der Waals surface area contributed by atoms with Crippen LogP contribution < -0.4 is 10.5 Å². The van der Waals surface area contributed by atoms with Gasteiger partial charge in [-0.05, 0) is 18.4 Å². The Hall–Kier alpha value is -1.06. The molecule has 1 saturated carbocycles. The van der Waals surface area contributed by atoms with Gasteiger partial charge in [0.05, 0.1) is 0 Å². The van der Waals surface area contributed by atoms with Crippen LogP contribution in [0.3, 0.4) is 0 Å². The first-order valence-corrected chi connectivity index (χ1v) is 7.00. The Labute approximate surface area is 109 Å². The molecule has 0 aromatic heterocycles. The first kappa shape index (κ1) is 12.0. The van der Waals surface area contributed by atoms with Crippen molar-refractivity contribution >= 4 is 0 Å². The number of benzene rings is 1. The lowest BCUT2D eigenvalue weighted by Gasteiger charge is -2.23. The van der Waals surface area contributed by atoms with Gasteiger partial charge in [0, 0.05) is 31.2 Å². The number of rotatable bonds is 4. The highest BCUT2D eigenvalue weighted by Gasteiger charge is 2.25. The number of nitrogens with two attached hydrogens (primary N) is 1. The van der Waals surface area contributed by atoms with Gasteiger partial charge >= 0.3 is 0 Å². The second-order valence-electron chi connectivity index (χ2n) is 5.63. The molecule has 0 spiro atoms. The summed E-state index contributed by atoms with van der Waals surface area (Å²) in [4.78, 5) is 2.43. The molecule has 3 heteroatoms. The van der Waals surface area contributed by atoms with Crippen molar-refractivity contribution in [3.63, 3.8) is 0 Å². The smallest absolute Gasteiger partial charge is 0.123 e. The van der Waals surface area contributed by atoms with Crippen LogP contribution in [0.1, 0.15) is 24.8 Å². The third-order valence-electron chi connectivity index (χ3n) is 3.86. The van der Waals surface area contributed by atoms with Gasteiger partial charge in [-0.1, -0.05) is 31.0 Å². The molecular weight excluding hydrogens is 224 g/mol. The van der Waals surface area contributed by atoms with Gasteiger partial charge in [-0.25, -0.2) is 0 Å². The van der Waals surface area contributed by atoms with E-state index < -0.39 is 0 Å². The minimum atomic E-state index is 0.322. The number of hydrogen-bond donors (Lipinski definition) is 1. The van der Waals surface area contributed by atoms with Crippen molar-refractivity contribution in [2.75, 3.05) is 19.7 Å². The van der Waals surface area contributed by atoms with Crippen LogP contribution in [0.15, 0.2) is 24.3 Å². The Balaban J connectivity index is 1.59. The van der Waals surface area contributed by atoms with Crippen LogP contribution in [0.4, 0.5) is 0 Å². The highest BCUT2D eigenvalue weighted by Crippen LogP contribution is 2.33. The number of ether oxygens (including phenoxy) is 1. The molecule has 0 bridgehead atoms. The third-order valence-corrected chi connectivity index (χ3v) is 3.86. The molecular formula is C15H22N2O. The van der Waals surface area contributed by atoms with Gasteiger partial charge in [-0.15, -0.1) is 0 Å². The summed E-state index contributed by atoms with van der Waals surface area (Å²) in [5, 5.41) is 0. The second-order valence-corrected chi connectivity index (χ2v) is 5.63. The van der Waals surface area contributed by atoms with Crippen molar-refractivity contribution in [1.82, 2.24) is 4.90 Å². The largest absolute Gasteiger partial charge is 0.492 e. The zero-order valence-corrected chi connectivity index (χ0v) is 10.8. The minimum Gasteiger partial charge on any atom is -0.492 e. The lowest BCUT2D eigenvalue weighted by molar-refractivity contribution is 0.212. The highest BCUT2D eigenvalue weighted by atomic mass is 16.5. The van der Waals surface area contributed by atoms with Gasteiger partial charge in [0.2, 0.25) is 0 Å². The zero-order chi connectivity index (χ0) is 12.4. The fraction of sp³-hybridized carbons (Fsp3) is 0.600. The van der Waals surface area contributed by atoms with Crippen LogP contribution in [0.2, 0.25) is 0 Å². The predicted molar refractivity (Wildman–Crippen MR) is 72.5 cm³/mol. The number of para-hydroxylation sites is 1. The molecule has 0 saturated heterocycles. The Morgan fingerprint density at radius 2 is 2.17 bits per heavy atom. The van der Waals surface area contributed by atoms with Gasteiger partial charge in [0.1, 0.15) is 12.4 Å². The van der Waals surface area contributed by atoms with Crippen LogP contribution in [0.5, 0.6) is 5.75 Å². The standard InChI is InChI=1S/C15H22N2O/c16-14(9-12-5-6-12)11-17-7-8-18-15-4-2-1-3-13(15)10-17/h1-4,12,14H,5-11,16H2. The fourth-order valence-corrected chi connectivity index (χ4v) is 2.72. The van der Waals surface area contributed by atoms with Crippen molar-refractivity contribution in [3.8, 4) is 5.75 Å². The molecule has 1 heterocycles. The molecule has 1 aromatic rings. The number of fused-ring (bicyclic) bond motifs is 1. The molecule has 2 N–H and O–H groups in total. The summed E-state index contributed by atoms with van der Waals surface area (Å²) in [5.41, 5.74) is 7.52. The third kappa shape index (κ3) is 3.03. The summed E-state index contributed by atoms with van der Waals surface area (Å²) >= 11 is 0. The molecule has 18 heavy (non-hydrogen) atoms. The summed E-state index contributed by atoms with van der Waals surface area (Å²) in [7, 11) is 0. The van der Waals surface area contributed by atoms with Crippen molar-refractivity contribution < 1.29 is 4.74 Å². The van der Waals surface area contributed by atoms with Crippen LogP contribution in [-0.4, -0.2) is 30.6 Å². The van der Waals surface area contributed by atoms with Gasteiger partial charge in [-0.3, -0.25) is 4.90 Å². The first-order valence-electron chi connectivity index (χ1n) is 7.00. The molecule has 3 rings (SSSR count). The van der Waals surface area contributed by atoms with Gasteiger partial charge < -0.3 is 10.5 Å². The molecule has 0 radical (unpaired) electrons. The lowest BCUT2D eigenvalue weighted by atomic mass is 10.1. The molecule has 1 unspecified atom stereocenters. The molecule has 98 valence electrons. The normalized spacial score (nSPS) is 21.8. The van der Waals surface area contributed by atoms with E-state index in [9.17, 15) is 0 Å². The van der Waals surface area contributed by atoms with Crippen LogP contribution in [0.25, 0.3) is 0 Å². The maximum Gasteiger partial charge on any atom is 0.123 e. The van der Waals surface area contributed by atoms with E-state index in [0.717, 1.165) is 37.9 Å². The van der Waals surface area contributed by atoms with Gasteiger partial charge in [-0.2, -0.15) is 0 Å². The predicted octanol–water partition coefficient (Wildman–Crippen LogP) is 2.01. The van der Waals surface area contributed by atoms with E-state index in [2.05, 4.69) is 23.1 Å². The van der Waals surface area contributed by atoms with E-state index in [1.807, 2.05) is 6.07 Å². The minimum absolute atomic E-state index is 0.322. The Kier molecular flexibility index (Phi) is 3.52. The average molecular weight is 246 g/mol. The van der Waals surface area contributed by atoms with E-state index in [-0.39, 0.29) is 0 Å². The van der Waals surface area contributed by atoms with E-state index >= 15 is 0 Å². The van der Waals surface area contributed by atoms with Crippen molar-refractivity contribution in [3.05, 3.63) is 29.8 Å². The second kappa shape index (κ2) is 5.29. The van der Waals surface area contributed by atoms with E-state index in [1.165, 1.54) is 24.8 Å². The summed E-state index contributed by atoms with van der Waals surface area (Å²) in [6.45, 7) is 3.71. The summed E-state index contributed by atoms with van der Waals surface area (Å²) in [6, 6.07) is 8.65. The molecule has 1 fully saturated rings. The quantitative estimate of drug-likeness (QED) is 0.883. The number of hydrogen-bond acceptors (Lipinski definition) is 3. The molecule has 2 aliphatic rings.